The number of nitrogens with one attached hydrogen (secondary N) is 1. The van der Waals surface area contributed by atoms with Crippen molar-refractivity contribution in [1.29, 1.82) is 0 Å². The Morgan fingerprint density at radius 2 is 2.23 bits per heavy atom. The molecule has 1 heterocycles. The van der Waals surface area contributed by atoms with Gasteiger partial charge < -0.3 is 5.73 Å². The van der Waals surface area contributed by atoms with Crippen LogP contribution >= 0.6 is 11.6 Å². The summed E-state index contributed by atoms with van der Waals surface area (Å²) in [5, 5.41) is 6.95. The Morgan fingerprint density at radius 3 is 2.92 bits per heavy atom. The quantitative estimate of drug-likeness (QED) is 0.679. The van der Waals surface area contributed by atoms with Gasteiger partial charge >= 0.3 is 0 Å². The average Bonchev–Trinajstić information content (AvgIpc) is 2.62. The molecule has 4 nitrogen and oxygen atoms in total. The third kappa shape index (κ3) is 1.36. The number of H-pyrrole nitrogens is 1. The van der Waals surface area contributed by atoms with E-state index in [9.17, 15) is 0 Å². The van der Waals surface area contributed by atoms with Crippen LogP contribution in [0.4, 0.5) is 5.69 Å². The predicted molar refractivity (Wildman–Crippen MR) is 51.2 cm³/mol. The minimum Gasteiger partial charge on any atom is -0.398 e. The molecule has 1 aromatic carbocycles. The van der Waals surface area contributed by atoms with Crippen LogP contribution in [0.5, 0.6) is 0 Å². The molecular formula is C8H7ClN4. The van der Waals surface area contributed by atoms with Gasteiger partial charge in [-0.05, 0) is 12.1 Å². The number of nitrogens with two attached hydrogens (primary N) is 1. The van der Waals surface area contributed by atoms with Gasteiger partial charge in [0.15, 0.2) is 5.82 Å². The second-order valence-corrected chi connectivity index (χ2v) is 2.92. The second kappa shape index (κ2) is 3.06. The number of nitrogen functional groups attached to an aromatic ring is 1. The first-order valence-corrected chi connectivity index (χ1v) is 4.06. The Bertz CT molecular complexity index is 410. The van der Waals surface area contributed by atoms with Gasteiger partial charge in [-0.25, -0.2) is 4.98 Å². The van der Waals surface area contributed by atoms with E-state index >= 15 is 0 Å². The first kappa shape index (κ1) is 8.07. The molecule has 2 aromatic rings. The minimum atomic E-state index is 0.499. The van der Waals surface area contributed by atoms with Gasteiger partial charge in [-0.15, -0.1) is 0 Å². The van der Waals surface area contributed by atoms with Crippen molar-refractivity contribution in [2.24, 2.45) is 0 Å². The van der Waals surface area contributed by atoms with E-state index < -0.39 is 0 Å². The summed E-state index contributed by atoms with van der Waals surface area (Å²) < 4.78 is 0. The van der Waals surface area contributed by atoms with Gasteiger partial charge in [0.05, 0.1) is 10.7 Å². The second-order valence-electron chi connectivity index (χ2n) is 2.54. The maximum Gasteiger partial charge on any atom is 0.157 e. The van der Waals surface area contributed by atoms with Gasteiger partial charge in [0, 0.05) is 5.56 Å². The molecule has 3 N–H and O–H groups in total. The molecular weight excluding hydrogens is 188 g/mol. The third-order valence-electron chi connectivity index (χ3n) is 1.70. The number of hydrogen-bond acceptors (Lipinski definition) is 3. The van der Waals surface area contributed by atoms with Crippen LogP contribution in [0.15, 0.2) is 24.5 Å². The standard InChI is InChI=1S/C8H7ClN4/c9-7-5(2-1-3-6(7)10)8-11-4-12-13-8/h1-4H,10H2,(H,11,12,13). The largest absolute Gasteiger partial charge is 0.398 e. The average molecular weight is 195 g/mol. The van der Waals surface area contributed by atoms with Gasteiger partial charge in [-0.1, -0.05) is 17.7 Å². The van der Waals surface area contributed by atoms with Crippen LogP contribution in [-0.2, 0) is 0 Å². The zero-order chi connectivity index (χ0) is 9.26. The van der Waals surface area contributed by atoms with Crippen LogP contribution in [0.3, 0.4) is 0 Å². The number of halogens is 1. The summed E-state index contributed by atoms with van der Waals surface area (Å²) >= 11 is 5.97. The van der Waals surface area contributed by atoms with Crippen LogP contribution in [0.2, 0.25) is 5.02 Å². The molecule has 0 spiro atoms. The van der Waals surface area contributed by atoms with E-state index in [0.29, 0.717) is 16.5 Å². The van der Waals surface area contributed by atoms with E-state index in [0.717, 1.165) is 5.56 Å². The lowest BCUT2D eigenvalue weighted by atomic mass is 10.2. The fourth-order valence-electron chi connectivity index (χ4n) is 1.07. The molecule has 5 heteroatoms. The number of anilines is 1. The molecule has 0 aliphatic carbocycles. The molecule has 0 fully saturated rings. The van der Waals surface area contributed by atoms with Crippen molar-refractivity contribution in [2.45, 2.75) is 0 Å². The number of hydrogen-bond donors (Lipinski definition) is 2. The van der Waals surface area contributed by atoms with Gasteiger partial charge in [0.1, 0.15) is 6.33 Å². The lowest BCUT2D eigenvalue weighted by Crippen LogP contribution is -1.89. The summed E-state index contributed by atoms with van der Waals surface area (Å²) in [5.41, 5.74) is 6.93. The van der Waals surface area contributed by atoms with Crippen LogP contribution in [0.1, 0.15) is 0 Å². The highest BCUT2D eigenvalue weighted by molar-refractivity contribution is 6.35. The molecule has 66 valence electrons. The number of aromatic amines is 1. The highest BCUT2D eigenvalue weighted by atomic mass is 35.5. The van der Waals surface area contributed by atoms with Crippen molar-refractivity contribution in [2.75, 3.05) is 5.73 Å². The molecule has 0 saturated carbocycles. The molecule has 2 rings (SSSR count). The zero-order valence-electron chi connectivity index (χ0n) is 6.66. The summed E-state index contributed by atoms with van der Waals surface area (Å²) in [4.78, 5) is 3.98. The van der Waals surface area contributed by atoms with Crippen molar-refractivity contribution in [3.8, 4) is 11.4 Å². The summed E-state index contributed by atoms with van der Waals surface area (Å²) in [7, 11) is 0. The SMILES string of the molecule is Nc1cccc(-c2ncn[nH]2)c1Cl. The summed E-state index contributed by atoms with van der Waals surface area (Å²) in [5.74, 6) is 0.623. The Balaban J connectivity index is 2.59. The van der Waals surface area contributed by atoms with E-state index in [-0.39, 0.29) is 0 Å². The van der Waals surface area contributed by atoms with E-state index in [4.69, 9.17) is 17.3 Å². The van der Waals surface area contributed by atoms with E-state index in [1.807, 2.05) is 12.1 Å². The molecule has 0 radical (unpaired) electrons. The minimum absolute atomic E-state index is 0.499. The van der Waals surface area contributed by atoms with Crippen molar-refractivity contribution in [1.82, 2.24) is 15.2 Å². The van der Waals surface area contributed by atoms with E-state index in [1.165, 1.54) is 6.33 Å². The molecule has 0 aliphatic heterocycles. The molecule has 0 unspecified atom stereocenters. The Labute approximate surface area is 79.7 Å². The Morgan fingerprint density at radius 1 is 1.38 bits per heavy atom. The molecule has 0 bridgehead atoms. The molecule has 13 heavy (non-hydrogen) atoms. The summed E-state index contributed by atoms with van der Waals surface area (Å²) in [6, 6.07) is 5.39. The molecule has 0 saturated heterocycles. The van der Waals surface area contributed by atoms with Crippen LogP contribution in [-0.4, -0.2) is 15.2 Å². The van der Waals surface area contributed by atoms with Crippen LogP contribution in [0.25, 0.3) is 11.4 Å². The maximum absolute atomic E-state index is 5.97. The van der Waals surface area contributed by atoms with E-state index in [1.54, 1.807) is 6.07 Å². The first-order valence-electron chi connectivity index (χ1n) is 3.69. The van der Waals surface area contributed by atoms with Gasteiger partial charge in [0.25, 0.3) is 0 Å². The predicted octanol–water partition coefficient (Wildman–Crippen LogP) is 1.71. The maximum atomic E-state index is 5.97. The number of aromatic nitrogens is 3. The third-order valence-corrected chi connectivity index (χ3v) is 2.12. The Hall–Kier alpha value is -1.55. The fraction of sp³-hybridized carbons (Fsp3) is 0. The van der Waals surface area contributed by atoms with Crippen LogP contribution in [0, 0.1) is 0 Å². The van der Waals surface area contributed by atoms with Gasteiger partial charge in [-0.3, -0.25) is 5.10 Å². The zero-order valence-corrected chi connectivity index (χ0v) is 7.42. The number of benzene rings is 1. The van der Waals surface area contributed by atoms with Crippen molar-refractivity contribution < 1.29 is 0 Å². The molecule has 0 aliphatic rings. The van der Waals surface area contributed by atoms with Crippen molar-refractivity contribution >= 4 is 17.3 Å². The van der Waals surface area contributed by atoms with Crippen molar-refractivity contribution in [3.63, 3.8) is 0 Å². The summed E-state index contributed by atoms with van der Waals surface area (Å²) in [6.07, 6.45) is 1.43. The number of rotatable bonds is 1. The smallest absolute Gasteiger partial charge is 0.157 e. The molecule has 0 atom stereocenters. The van der Waals surface area contributed by atoms with Crippen LogP contribution < -0.4 is 5.73 Å². The normalized spacial score (nSPS) is 10.2. The topological polar surface area (TPSA) is 67.6 Å². The highest BCUT2D eigenvalue weighted by Crippen LogP contribution is 2.29. The summed E-state index contributed by atoms with van der Waals surface area (Å²) in [6.45, 7) is 0. The van der Waals surface area contributed by atoms with Gasteiger partial charge in [0.2, 0.25) is 0 Å². The monoisotopic (exact) mass is 194 g/mol. The van der Waals surface area contributed by atoms with E-state index in [2.05, 4.69) is 15.2 Å². The fourth-order valence-corrected chi connectivity index (χ4v) is 1.28. The Kier molecular flexibility index (Phi) is 1.90. The lowest BCUT2D eigenvalue weighted by molar-refractivity contribution is 1.10. The lowest BCUT2D eigenvalue weighted by Gasteiger charge is -2.01. The first-order chi connectivity index (χ1) is 6.29. The number of nitrogens with zero attached hydrogens (tertiary/aromatic N) is 2. The van der Waals surface area contributed by atoms with Crippen molar-refractivity contribution in [3.05, 3.63) is 29.5 Å². The molecule has 1 aromatic heterocycles. The van der Waals surface area contributed by atoms with Gasteiger partial charge in [-0.2, -0.15) is 5.10 Å². The highest BCUT2D eigenvalue weighted by Gasteiger charge is 2.07. The molecule has 0 amide bonds.